The Morgan fingerprint density at radius 2 is 2.40 bits per heavy atom. The number of rotatable bonds is 5. The van der Waals surface area contributed by atoms with E-state index in [-0.39, 0.29) is 18.5 Å². The van der Waals surface area contributed by atoms with Crippen molar-refractivity contribution in [3.05, 3.63) is 29.8 Å². The van der Waals surface area contributed by atoms with Gasteiger partial charge >= 0.3 is 5.97 Å². The summed E-state index contributed by atoms with van der Waals surface area (Å²) in [6.07, 6.45) is 1.92. The highest BCUT2D eigenvalue weighted by atomic mass is 32.2. The summed E-state index contributed by atoms with van der Waals surface area (Å²) in [5, 5.41) is 9.16. The highest BCUT2D eigenvalue weighted by molar-refractivity contribution is 7.97. The highest BCUT2D eigenvalue weighted by Crippen LogP contribution is 2.29. The standard InChI is InChI=1S/C15H21NO3S/c1-2-19-15(18)13-6-4-8-16(10-13)20-14-7-3-5-12(9-14)11-17/h3,5,7,9,13,17H,2,4,6,8,10-11H2,1H3/t13-/m1/s1. The molecule has 1 aliphatic rings. The van der Waals surface area contributed by atoms with E-state index in [4.69, 9.17) is 9.84 Å². The smallest absolute Gasteiger partial charge is 0.310 e. The second-order valence-corrected chi connectivity index (χ2v) is 6.05. The number of nitrogens with zero attached hydrogens (tertiary/aromatic N) is 1. The van der Waals surface area contributed by atoms with Crippen LogP contribution in [0, 0.1) is 5.92 Å². The zero-order valence-corrected chi connectivity index (χ0v) is 12.6. The van der Waals surface area contributed by atoms with Crippen molar-refractivity contribution in [1.29, 1.82) is 0 Å². The van der Waals surface area contributed by atoms with E-state index in [0.717, 1.165) is 36.4 Å². The van der Waals surface area contributed by atoms with Crippen molar-refractivity contribution in [3.8, 4) is 0 Å². The molecule has 0 spiro atoms. The summed E-state index contributed by atoms with van der Waals surface area (Å²) < 4.78 is 7.32. The summed E-state index contributed by atoms with van der Waals surface area (Å²) >= 11 is 1.65. The summed E-state index contributed by atoms with van der Waals surface area (Å²) in [5.74, 6) is -0.0980. The SMILES string of the molecule is CCOC(=O)[C@@H]1CCCN(Sc2cccc(CO)c2)C1. The van der Waals surface area contributed by atoms with Crippen LogP contribution in [-0.2, 0) is 16.1 Å². The average molecular weight is 295 g/mol. The highest BCUT2D eigenvalue weighted by Gasteiger charge is 2.27. The molecule has 1 saturated heterocycles. The molecule has 1 heterocycles. The topological polar surface area (TPSA) is 49.8 Å². The van der Waals surface area contributed by atoms with Crippen molar-refractivity contribution < 1.29 is 14.6 Å². The maximum atomic E-state index is 11.8. The summed E-state index contributed by atoms with van der Waals surface area (Å²) in [4.78, 5) is 12.9. The molecule has 0 amide bonds. The van der Waals surface area contributed by atoms with Crippen LogP contribution in [0.5, 0.6) is 0 Å². The molecule has 2 rings (SSSR count). The molecule has 1 aliphatic heterocycles. The first-order valence-corrected chi connectivity index (χ1v) is 7.79. The van der Waals surface area contributed by atoms with Gasteiger partial charge in [0.05, 0.1) is 19.1 Å². The van der Waals surface area contributed by atoms with Crippen LogP contribution < -0.4 is 0 Å². The predicted octanol–water partition coefficient (Wildman–Crippen LogP) is 2.46. The van der Waals surface area contributed by atoms with E-state index >= 15 is 0 Å². The van der Waals surface area contributed by atoms with Crippen molar-refractivity contribution in [1.82, 2.24) is 4.31 Å². The summed E-state index contributed by atoms with van der Waals surface area (Å²) in [6, 6.07) is 7.86. The molecule has 1 aromatic carbocycles. The Kier molecular flexibility index (Phi) is 5.88. The number of piperidine rings is 1. The lowest BCUT2D eigenvalue weighted by Crippen LogP contribution is -2.35. The molecule has 1 fully saturated rings. The van der Waals surface area contributed by atoms with Gasteiger partial charge in [-0.3, -0.25) is 4.79 Å². The van der Waals surface area contributed by atoms with Crippen molar-refractivity contribution in [2.75, 3.05) is 19.7 Å². The van der Waals surface area contributed by atoms with Gasteiger partial charge in [0, 0.05) is 18.0 Å². The fraction of sp³-hybridized carbons (Fsp3) is 0.533. The van der Waals surface area contributed by atoms with Crippen molar-refractivity contribution in [2.24, 2.45) is 5.92 Å². The zero-order chi connectivity index (χ0) is 14.4. The Balaban J connectivity index is 1.93. The van der Waals surface area contributed by atoms with Crippen LogP contribution in [0.25, 0.3) is 0 Å². The van der Waals surface area contributed by atoms with Gasteiger partial charge in [-0.1, -0.05) is 12.1 Å². The van der Waals surface area contributed by atoms with E-state index < -0.39 is 0 Å². The van der Waals surface area contributed by atoms with Crippen molar-refractivity contribution >= 4 is 17.9 Å². The maximum Gasteiger partial charge on any atom is 0.310 e. The maximum absolute atomic E-state index is 11.8. The van der Waals surface area contributed by atoms with Gasteiger partial charge in [-0.2, -0.15) is 0 Å². The van der Waals surface area contributed by atoms with Crippen LogP contribution in [0.3, 0.4) is 0 Å². The Labute approximate surface area is 124 Å². The van der Waals surface area contributed by atoms with Gasteiger partial charge in [0.1, 0.15) is 0 Å². The molecule has 1 atom stereocenters. The minimum Gasteiger partial charge on any atom is -0.466 e. The Hall–Kier alpha value is -1.04. The molecule has 20 heavy (non-hydrogen) atoms. The lowest BCUT2D eigenvalue weighted by atomic mass is 10.0. The average Bonchev–Trinajstić information content (AvgIpc) is 2.48. The number of ether oxygens (including phenoxy) is 1. The normalized spacial score (nSPS) is 19.8. The molecule has 110 valence electrons. The Morgan fingerprint density at radius 1 is 1.55 bits per heavy atom. The molecule has 5 heteroatoms. The third-order valence-corrected chi connectivity index (χ3v) is 4.37. The quantitative estimate of drug-likeness (QED) is 0.668. The van der Waals surface area contributed by atoms with Crippen LogP contribution in [0.2, 0.25) is 0 Å². The van der Waals surface area contributed by atoms with Crippen LogP contribution in [0.1, 0.15) is 25.3 Å². The minimum absolute atomic E-state index is 0.0165. The van der Waals surface area contributed by atoms with Gasteiger partial charge in [-0.15, -0.1) is 0 Å². The largest absolute Gasteiger partial charge is 0.466 e. The lowest BCUT2D eigenvalue weighted by Gasteiger charge is -2.30. The van der Waals surface area contributed by atoms with Gasteiger partial charge < -0.3 is 9.84 Å². The summed E-state index contributed by atoms with van der Waals surface area (Å²) in [7, 11) is 0. The third kappa shape index (κ3) is 4.23. The number of esters is 1. The minimum atomic E-state index is -0.0816. The number of hydrogen-bond acceptors (Lipinski definition) is 5. The van der Waals surface area contributed by atoms with E-state index in [2.05, 4.69) is 4.31 Å². The molecule has 0 aromatic heterocycles. The zero-order valence-electron chi connectivity index (χ0n) is 11.7. The monoisotopic (exact) mass is 295 g/mol. The number of carbonyl (C=O) groups excluding carboxylic acids is 1. The van der Waals surface area contributed by atoms with E-state index in [9.17, 15) is 4.79 Å². The molecule has 1 aromatic rings. The fourth-order valence-electron chi connectivity index (χ4n) is 2.33. The number of carbonyl (C=O) groups is 1. The van der Waals surface area contributed by atoms with Gasteiger partial charge in [-0.25, -0.2) is 4.31 Å². The van der Waals surface area contributed by atoms with Crippen molar-refractivity contribution in [2.45, 2.75) is 31.3 Å². The van der Waals surface area contributed by atoms with Gasteiger partial charge in [0.25, 0.3) is 0 Å². The first-order chi connectivity index (χ1) is 9.72. The van der Waals surface area contributed by atoms with E-state index in [0.29, 0.717) is 6.61 Å². The lowest BCUT2D eigenvalue weighted by molar-refractivity contribution is -0.149. The van der Waals surface area contributed by atoms with Crippen LogP contribution in [0.4, 0.5) is 0 Å². The molecule has 0 radical (unpaired) electrons. The van der Waals surface area contributed by atoms with Crippen molar-refractivity contribution in [3.63, 3.8) is 0 Å². The molecule has 0 saturated carbocycles. The van der Waals surface area contributed by atoms with Gasteiger partial charge in [-0.05, 0) is 49.4 Å². The summed E-state index contributed by atoms with van der Waals surface area (Å²) in [6.45, 7) is 4.05. The Bertz CT molecular complexity index is 452. The molecule has 4 nitrogen and oxygen atoms in total. The summed E-state index contributed by atoms with van der Waals surface area (Å²) in [5.41, 5.74) is 0.911. The van der Waals surface area contributed by atoms with Crippen LogP contribution >= 0.6 is 11.9 Å². The fourth-order valence-corrected chi connectivity index (χ4v) is 3.44. The number of aliphatic hydroxyl groups excluding tert-OH is 1. The predicted molar refractivity (Wildman–Crippen MR) is 79.2 cm³/mol. The molecule has 0 unspecified atom stereocenters. The molecule has 1 N–H and O–H groups in total. The molecule has 0 bridgehead atoms. The molecular weight excluding hydrogens is 274 g/mol. The van der Waals surface area contributed by atoms with Gasteiger partial charge in [0.15, 0.2) is 0 Å². The Morgan fingerprint density at radius 3 is 3.15 bits per heavy atom. The van der Waals surface area contributed by atoms with Gasteiger partial charge in [0.2, 0.25) is 0 Å². The first-order valence-electron chi connectivity index (χ1n) is 7.02. The second-order valence-electron chi connectivity index (χ2n) is 4.88. The van der Waals surface area contributed by atoms with E-state index in [1.54, 1.807) is 11.9 Å². The number of aliphatic hydroxyl groups is 1. The van der Waals surface area contributed by atoms with Crippen LogP contribution in [-0.4, -0.2) is 35.1 Å². The number of benzene rings is 1. The number of hydrogen-bond donors (Lipinski definition) is 1. The first kappa shape index (κ1) is 15.4. The second kappa shape index (κ2) is 7.67. The third-order valence-electron chi connectivity index (χ3n) is 3.32. The molecular formula is C15H21NO3S. The molecule has 0 aliphatic carbocycles. The van der Waals surface area contributed by atoms with E-state index in [1.807, 2.05) is 31.2 Å². The van der Waals surface area contributed by atoms with Crippen LogP contribution in [0.15, 0.2) is 29.2 Å². The van der Waals surface area contributed by atoms with E-state index in [1.165, 1.54) is 0 Å².